The molecule has 0 aliphatic carbocycles. The van der Waals surface area contributed by atoms with Crippen molar-refractivity contribution in [3.8, 4) is 0 Å². The molecule has 0 saturated carbocycles. The summed E-state index contributed by atoms with van der Waals surface area (Å²) in [5, 5.41) is 10.6. The maximum absolute atomic E-state index is 13.1. The standard InChI is InChI=1S/C79H154O17P2/c1-6-10-13-16-19-22-24-26-28-30-31-32-33-35-37-39-41-43-49-54-59-64-78(83)95-75(69-90-77(82)63-58-53-48-42-40-38-36-34-29-27-25-23-20-17-14-11-7-2)71-94-98(87,88)92-67-73(80)66-91-97(85,86)93-70-74(68-89-76(81)62-57-52-47-21-18-15-12-8-3)96-79(84)65-60-55-50-45-44-46-51-56-61-72(5)9-4/h72-75,80H,6-71H2,1-5H3,(H,85,86)(H,87,88)/t72?,73-,74+,75+/m0/s1. The molecule has 3 unspecified atom stereocenters. The van der Waals surface area contributed by atoms with Crippen molar-refractivity contribution in [2.24, 2.45) is 5.92 Å². The molecule has 0 aliphatic rings. The summed E-state index contributed by atoms with van der Waals surface area (Å²) in [5.74, 6) is -1.34. The molecule has 0 aromatic rings. The highest BCUT2D eigenvalue weighted by molar-refractivity contribution is 7.47. The third-order valence-corrected chi connectivity index (χ3v) is 20.8. The molecule has 0 amide bonds. The molecule has 0 saturated heterocycles. The second kappa shape index (κ2) is 72.0. The molecule has 17 nitrogen and oxygen atoms in total. The van der Waals surface area contributed by atoms with Crippen molar-refractivity contribution in [2.45, 2.75) is 438 Å². The summed E-state index contributed by atoms with van der Waals surface area (Å²) >= 11 is 0. The van der Waals surface area contributed by atoms with Crippen LogP contribution in [0, 0.1) is 5.92 Å². The highest BCUT2D eigenvalue weighted by Crippen LogP contribution is 2.45. The molecular formula is C79H154O17P2. The Morgan fingerprint density at radius 2 is 0.490 bits per heavy atom. The Kier molecular flexibility index (Phi) is 70.6. The summed E-state index contributed by atoms with van der Waals surface area (Å²) in [5.41, 5.74) is 0. The van der Waals surface area contributed by atoms with E-state index in [-0.39, 0.29) is 25.7 Å². The van der Waals surface area contributed by atoms with Gasteiger partial charge in [-0.1, -0.05) is 369 Å². The lowest BCUT2D eigenvalue weighted by molar-refractivity contribution is -0.161. The van der Waals surface area contributed by atoms with E-state index in [9.17, 15) is 43.2 Å². The van der Waals surface area contributed by atoms with Gasteiger partial charge in [0, 0.05) is 25.7 Å². The van der Waals surface area contributed by atoms with Crippen molar-refractivity contribution in [1.82, 2.24) is 0 Å². The first-order chi connectivity index (χ1) is 47.6. The van der Waals surface area contributed by atoms with E-state index in [0.29, 0.717) is 25.7 Å². The first-order valence-corrected chi connectivity index (χ1v) is 44.2. The van der Waals surface area contributed by atoms with Crippen LogP contribution in [0.15, 0.2) is 0 Å². The van der Waals surface area contributed by atoms with E-state index in [0.717, 1.165) is 102 Å². The molecule has 0 bridgehead atoms. The second-order valence-corrected chi connectivity index (χ2v) is 31.6. The number of phosphoric acid groups is 2. The number of unbranched alkanes of at least 4 members (excludes halogenated alkanes) is 50. The van der Waals surface area contributed by atoms with Crippen LogP contribution in [0.4, 0.5) is 0 Å². The summed E-state index contributed by atoms with van der Waals surface area (Å²) in [7, 11) is -9.91. The number of hydrogen-bond acceptors (Lipinski definition) is 15. The van der Waals surface area contributed by atoms with Crippen LogP contribution in [0.3, 0.4) is 0 Å². The van der Waals surface area contributed by atoms with Gasteiger partial charge in [0.15, 0.2) is 12.2 Å². The van der Waals surface area contributed by atoms with Gasteiger partial charge in [-0.15, -0.1) is 0 Å². The number of rotatable bonds is 79. The minimum absolute atomic E-state index is 0.105. The van der Waals surface area contributed by atoms with Gasteiger partial charge in [0.25, 0.3) is 0 Å². The molecule has 19 heteroatoms. The largest absolute Gasteiger partial charge is 0.472 e. The highest BCUT2D eigenvalue weighted by Gasteiger charge is 2.30. The molecule has 0 aliphatic heterocycles. The van der Waals surface area contributed by atoms with Gasteiger partial charge in [0.05, 0.1) is 26.4 Å². The third-order valence-electron chi connectivity index (χ3n) is 18.9. The summed E-state index contributed by atoms with van der Waals surface area (Å²) in [6, 6.07) is 0. The van der Waals surface area contributed by atoms with Gasteiger partial charge in [-0.05, 0) is 31.6 Å². The predicted molar refractivity (Wildman–Crippen MR) is 400 cm³/mol. The fourth-order valence-electron chi connectivity index (χ4n) is 12.2. The fourth-order valence-corrected chi connectivity index (χ4v) is 13.8. The Hall–Kier alpha value is -1.94. The Labute approximate surface area is 600 Å². The molecule has 582 valence electrons. The Morgan fingerprint density at radius 3 is 0.724 bits per heavy atom. The minimum atomic E-state index is -4.96. The van der Waals surface area contributed by atoms with Gasteiger partial charge in [0.1, 0.15) is 19.3 Å². The topological polar surface area (TPSA) is 237 Å². The molecule has 0 spiro atoms. The number of aliphatic hydroxyl groups excluding tert-OH is 1. The smallest absolute Gasteiger partial charge is 0.462 e. The molecule has 0 heterocycles. The number of ether oxygens (including phenoxy) is 4. The van der Waals surface area contributed by atoms with Crippen molar-refractivity contribution in [2.75, 3.05) is 39.6 Å². The number of carbonyl (C=O) groups excluding carboxylic acids is 4. The molecule has 0 radical (unpaired) electrons. The van der Waals surface area contributed by atoms with E-state index >= 15 is 0 Å². The fraction of sp³-hybridized carbons (Fsp3) is 0.949. The molecule has 0 rings (SSSR count). The van der Waals surface area contributed by atoms with Gasteiger partial charge < -0.3 is 33.8 Å². The zero-order valence-corrected chi connectivity index (χ0v) is 65.7. The lowest BCUT2D eigenvalue weighted by Crippen LogP contribution is -2.30. The molecule has 98 heavy (non-hydrogen) atoms. The quantitative estimate of drug-likeness (QED) is 0.0222. The lowest BCUT2D eigenvalue weighted by Gasteiger charge is -2.21. The molecular weight excluding hydrogens is 1280 g/mol. The maximum Gasteiger partial charge on any atom is 0.472 e. The monoisotopic (exact) mass is 1440 g/mol. The van der Waals surface area contributed by atoms with E-state index in [1.54, 1.807) is 0 Å². The first-order valence-electron chi connectivity index (χ1n) is 41.2. The van der Waals surface area contributed by atoms with Crippen LogP contribution >= 0.6 is 15.6 Å². The van der Waals surface area contributed by atoms with E-state index < -0.39 is 97.5 Å². The molecule has 0 aromatic heterocycles. The Bertz CT molecular complexity index is 1880. The molecule has 0 fully saturated rings. The first kappa shape index (κ1) is 96.1. The Morgan fingerprint density at radius 1 is 0.286 bits per heavy atom. The zero-order valence-electron chi connectivity index (χ0n) is 63.9. The number of esters is 4. The van der Waals surface area contributed by atoms with Gasteiger partial charge in [-0.3, -0.25) is 37.3 Å². The van der Waals surface area contributed by atoms with Gasteiger partial charge in [-0.2, -0.15) is 0 Å². The number of hydrogen-bond donors (Lipinski definition) is 3. The van der Waals surface area contributed by atoms with Gasteiger partial charge in [0.2, 0.25) is 0 Å². The van der Waals surface area contributed by atoms with Crippen LogP contribution in [0.5, 0.6) is 0 Å². The van der Waals surface area contributed by atoms with Crippen molar-refractivity contribution < 1.29 is 80.2 Å². The van der Waals surface area contributed by atoms with Crippen molar-refractivity contribution in [1.29, 1.82) is 0 Å². The van der Waals surface area contributed by atoms with Gasteiger partial charge in [-0.25, -0.2) is 9.13 Å². The van der Waals surface area contributed by atoms with Crippen molar-refractivity contribution in [3.63, 3.8) is 0 Å². The van der Waals surface area contributed by atoms with E-state index in [1.807, 2.05) is 0 Å². The second-order valence-electron chi connectivity index (χ2n) is 28.7. The molecule has 0 aromatic carbocycles. The van der Waals surface area contributed by atoms with E-state index in [1.165, 1.54) is 238 Å². The summed E-state index contributed by atoms with van der Waals surface area (Å²) < 4.78 is 68.5. The average Bonchev–Trinajstić information content (AvgIpc) is 1.09. The normalized spacial score (nSPS) is 14.2. The summed E-state index contributed by atoms with van der Waals surface area (Å²) in [6.07, 6.45) is 62.6. The highest BCUT2D eigenvalue weighted by atomic mass is 31.2. The van der Waals surface area contributed by atoms with Crippen LogP contribution in [-0.2, 0) is 65.4 Å². The van der Waals surface area contributed by atoms with E-state index in [4.69, 9.17) is 37.0 Å². The average molecular weight is 1440 g/mol. The zero-order chi connectivity index (χ0) is 71.9. The lowest BCUT2D eigenvalue weighted by atomic mass is 9.99. The van der Waals surface area contributed by atoms with Crippen LogP contribution in [0.2, 0.25) is 0 Å². The summed E-state index contributed by atoms with van der Waals surface area (Å²) in [6.45, 7) is 7.28. The number of carbonyl (C=O) groups is 4. The summed E-state index contributed by atoms with van der Waals surface area (Å²) in [4.78, 5) is 72.8. The van der Waals surface area contributed by atoms with Crippen LogP contribution in [0.1, 0.15) is 420 Å². The van der Waals surface area contributed by atoms with Crippen molar-refractivity contribution >= 4 is 39.5 Å². The number of phosphoric ester groups is 2. The van der Waals surface area contributed by atoms with Gasteiger partial charge >= 0.3 is 39.5 Å². The molecule has 6 atom stereocenters. The maximum atomic E-state index is 13.1. The minimum Gasteiger partial charge on any atom is -0.462 e. The number of aliphatic hydroxyl groups is 1. The third kappa shape index (κ3) is 71.1. The van der Waals surface area contributed by atoms with Crippen LogP contribution in [-0.4, -0.2) is 96.7 Å². The molecule has 3 N–H and O–H groups in total. The van der Waals surface area contributed by atoms with Crippen LogP contribution in [0.25, 0.3) is 0 Å². The van der Waals surface area contributed by atoms with Crippen molar-refractivity contribution in [3.05, 3.63) is 0 Å². The van der Waals surface area contributed by atoms with Crippen LogP contribution < -0.4 is 0 Å². The van der Waals surface area contributed by atoms with E-state index in [2.05, 4.69) is 34.6 Å². The Balaban J connectivity index is 5.18. The predicted octanol–water partition coefficient (Wildman–Crippen LogP) is 23.6. The SMILES string of the molecule is CCCCCCCCCCCCCCCCCCCCCCCC(=O)O[C@H](COC(=O)CCCCCCCCCCCCCCCCCCC)COP(=O)(O)OC[C@@H](O)COP(=O)(O)OC[C@@H](COC(=O)CCCCCCCCCC)OC(=O)CCCCCCCCCCC(C)CC.